The number of carbonyl (C=O) groups is 1. The molecule has 0 aliphatic heterocycles. The minimum atomic E-state index is -0.389. The number of aromatic nitrogens is 2. The first kappa shape index (κ1) is 17.2. The second-order valence-corrected chi connectivity index (χ2v) is 7.50. The normalized spacial score (nSPS) is 12.3. The Morgan fingerprint density at radius 2 is 1.92 bits per heavy atom. The van der Waals surface area contributed by atoms with E-state index >= 15 is 0 Å². The van der Waals surface area contributed by atoms with Crippen LogP contribution < -0.4 is 16.4 Å². The van der Waals surface area contributed by atoms with Crippen molar-refractivity contribution in [1.29, 1.82) is 0 Å². The Morgan fingerprint density at radius 3 is 2.56 bits per heavy atom. The molecule has 2 N–H and O–H groups in total. The van der Waals surface area contributed by atoms with Gasteiger partial charge in [-0.05, 0) is 44.5 Å². The highest BCUT2D eigenvalue weighted by atomic mass is 32.1. The molecule has 1 unspecified atom stereocenters. The predicted octanol–water partition coefficient (Wildman–Crippen LogP) is 2.25. The van der Waals surface area contributed by atoms with Gasteiger partial charge in [-0.15, -0.1) is 11.3 Å². The molecule has 0 aliphatic carbocycles. The summed E-state index contributed by atoms with van der Waals surface area (Å²) < 4.78 is 1.05. The molecule has 0 saturated heterocycles. The number of aromatic amines is 1. The molecule has 3 aromatic rings. The summed E-state index contributed by atoms with van der Waals surface area (Å²) in [5, 5.41) is 5.97. The Bertz CT molecular complexity index is 1060. The molecule has 1 amide bonds. The molecular weight excluding hydrogens is 338 g/mol. The standard InChI is InChI=1S/C18H19N3O3S/c1-10-8-15(12(3)25-10)11(2)19-16(22)9-21-18(24)14-7-5-4-6-13(14)17(23)20-21/h4-8,11H,9H2,1-3H3,(H,19,22)(H,20,23). The lowest BCUT2D eigenvalue weighted by atomic mass is 10.1. The molecule has 1 aromatic carbocycles. The monoisotopic (exact) mass is 357 g/mol. The van der Waals surface area contributed by atoms with Crippen molar-refractivity contribution in [2.45, 2.75) is 33.4 Å². The van der Waals surface area contributed by atoms with Gasteiger partial charge in [-0.1, -0.05) is 12.1 Å². The number of hydrogen-bond donors (Lipinski definition) is 2. The first-order chi connectivity index (χ1) is 11.9. The van der Waals surface area contributed by atoms with Crippen LogP contribution in [0.3, 0.4) is 0 Å². The highest BCUT2D eigenvalue weighted by Crippen LogP contribution is 2.25. The molecule has 25 heavy (non-hydrogen) atoms. The third kappa shape index (κ3) is 3.41. The number of H-pyrrole nitrogens is 1. The Kier molecular flexibility index (Phi) is 4.59. The van der Waals surface area contributed by atoms with E-state index in [2.05, 4.69) is 16.5 Å². The van der Waals surface area contributed by atoms with Crippen LogP contribution in [0.4, 0.5) is 0 Å². The number of nitrogens with one attached hydrogen (secondary N) is 2. The Hall–Kier alpha value is -2.67. The summed E-state index contributed by atoms with van der Waals surface area (Å²) in [4.78, 5) is 39.2. The topological polar surface area (TPSA) is 84.0 Å². The molecule has 0 bridgehead atoms. The van der Waals surface area contributed by atoms with Crippen LogP contribution in [-0.2, 0) is 11.3 Å². The van der Waals surface area contributed by atoms with Crippen LogP contribution in [0, 0.1) is 13.8 Å². The van der Waals surface area contributed by atoms with Gasteiger partial charge in [0, 0.05) is 9.75 Å². The Balaban J connectivity index is 1.83. The molecule has 3 rings (SSSR count). The van der Waals surface area contributed by atoms with E-state index in [4.69, 9.17) is 0 Å². The van der Waals surface area contributed by atoms with Crippen molar-refractivity contribution in [3.63, 3.8) is 0 Å². The van der Waals surface area contributed by atoms with Crippen LogP contribution in [0.15, 0.2) is 39.9 Å². The zero-order valence-electron chi connectivity index (χ0n) is 14.3. The molecule has 1 atom stereocenters. The van der Waals surface area contributed by atoms with Gasteiger partial charge in [-0.3, -0.25) is 19.5 Å². The molecular formula is C18H19N3O3S. The SMILES string of the molecule is Cc1cc(C(C)NC(=O)Cn2[nH]c(=O)c3ccccc3c2=O)c(C)s1. The van der Waals surface area contributed by atoms with E-state index in [1.807, 2.05) is 20.8 Å². The van der Waals surface area contributed by atoms with Crippen molar-refractivity contribution in [1.82, 2.24) is 15.1 Å². The average molecular weight is 357 g/mol. The van der Waals surface area contributed by atoms with Crippen LogP contribution in [0.1, 0.15) is 28.3 Å². The fourth-order valence-electron chi connectivity index (χ4n) is 2.95. The maximum absolute atomic E-state index is 12.4. The summed E-state index contributed by atoms with van der Waals surface area (Å²) in [5.41, 5.74) is 0.288. The predicted molar refractivity (Wildman–Crippen MR) is 99.2 cm³/mol. The molecule has 0 saturated carbocycles. The largest absolute Gasteiger partial charge is 0.348 e. The molecule has 2 heterocycles. The summed E-state index contributed by atoms with van der Waals surface area (Å²) in [5.74, 6) is -0.330. The fourth-order valence-corrected chi connectivity index (χ4v) is 3.97. The summed E-state index contributed by atoms with van der Waals surface area (Å²) in [6.45, 7) is 5.71. The van der Waals surface area contributed by atoms with Gasteiger partial charge in [0.2, 0.25) is 5.91 Å². The molecule has 7 heteroatoms. The number of aryl methyl sites for hydroxylation is 2. The maximum atomic E-state index is 12.4. The van der Waals surface area contributed by atoms with Crippen molar-refractivity contribution in [2.75, 3.05) is 0 Å². The van der Waals surface area contributed by atoms with Crippen LogP contribution in [0.5, 0.6) is 0 Å². The van der Waals surface area contributed by atoms with Crippen molar-refractivity contribution < 1.29 is 4.79 Å². The van der Waals surface area contributed by atoms with Crippen molar-refractivity contribution >= 4 is 28.0 Å². The van der Waals surface area contributed by atoms with Gasteiger partial charge in [0.1, 0.15) is 6.54 Å². The Labute approximate surface area is 148 Å². The van der Waals surface area contributed by atoms with E-state index in [1.54, 1.807) is 35.6 Å². The summed E-state index contributed by atoms with van der Waals surface area (Å²) >= 11 is 1.68. The zero-order valence-corrected chi connectivity index (χ0v) is 15.1. The first-order valence-corrected chi connectivity index (χ1v) is 8.76. The number of thiophene rings is 1. The van der Waals surface area contributed by atoms with Crippen LogP contribution in [0.2, 0.25) is 0 Å². The molecule has 6 nitrogen and oxygen atoms in total. The number of amides is 1. The van der Waals surface area contributed by atoms with Gasteiger partial charge in [0.15, 0.2) is 0 Å². The minimum absolute atomic E-state index is 0.166. The van der Waals surface area contributed by atoms with E-state index in [1.165, 1.54) is 4.88 Å². The quantitative estimate of drug-likeness (QED) is 0.751. The highest BCUT2D eigenvalue weighted by molar-refractivity contribution is 7.12. The van der Waals surface area contributed by atoms with Gasteiger partial charge in [0.05, 0.1) is 16.8 Å². The smallest absolute Gasteiger partial charge is 0.273 e. The van der Waals surface area contributed by atoms with Gasteiger partial charge >= 0.3 is 0 Å². The van der Waals surface area contributed by atoms with Crippen molar-refractivity contribution in [3.05, 3.63) is 66.4 Å². The molecule has 2 aromatic heterocycles. The Morgan fingerprint density at radius 1 is 1.24 bits per heavy atom. The maximum Gasteiger partial charge on any atom is 0.273 e. The van der Waals surface area contributed by atoms with Gasteiger partial charge < -0.3 is 5.32 Å². The van der Waals surface area contributed by atoms with Crippen LogP contribution >= 0.6 is 11.3 Å². The second kappa shape index (κ2) is 6.68. The molecule has 0 aliphatic rings. The molecule has 130 valence electrons. The minimum Gasteiger partial charge on any atom is -0.348 e. The number of rotatable bonds is 4. The number of carbonyl (C=O) groups excluding carboxylic acids is 1. The summed E-state index contributed by atoms with van der Waals surface area (Å²) in [7, 11) is 0. The first-order valence-electron chi connectivity index (χ1n) is 7.95. The lowest BCUT2D eigenvalue weighted by Crippen LogP contribution is -2.37. The van der Waals surface area contributed by atoms with Crippen molar-refractivity contribution in [3.8, 4) is 0 Å². The van der Waals surface area contributed by atoms with E-state index in [-0.39, 0.29) is 29.6 Å². The van der Waals surface area contributed by atoms with E-state index < -0.39 is 0 Å². The second-order valence-electron chi connectivity index (χ2n) is 6.04. The highest BCUT2D eigenvalue weighted by Gasteiger charge is 2.15. The van der Waals surface area contributed by atoms with Crippen LogP contribution in [0.25, 0.3) is 10.8 Å². The molecule has 0 spiro atoms. The third-order valence-electron chi connectivity index (χ3n) is 4.11. The summed E-state index contributed by atoms with van der Waals surface area (Å²) in [6, 6.07) is 8.44. The van der Waals surface area contributed by atoms with Crippen LogP contribution in [-0.4, -0.2) is 15.7 Å². The number of nitrogens with zero attached hydrogens (tertiary/aromatic N) is 1. The number of fused-ring (bicyclic) bond motifs is 1. The van der Waals surface area contributed by atoms with Gasteiger partial charge in [0.25, 0.3) is 11.1 Å². The average Bonchev–Trinajstić information content (AvgIpc) is 2.91. The van der Waals surface area contributed by atoms with E-state index in [9.17, 15) is 14.4 Å². The molecule has 0 fully saturated rings. The van der Waals surface area contributed by atoms with Crippen molar-refractivity contribution in [2.24, 2.45) is 0 Å². The van der Waals surface area contributed by atoms with Gasteiger partial charge in [-0.2, -0.15) is 0 Å². The lowest BCUT2D eigenvalue weighted by Gasteiger charge is -2.14. The summed E-state index contributed by atoms with van der Waals surface area (Å²) in [6.07, 6.45) is 0. The van der Waals surface area contributed by atoms with E-state index in [0.29, 0.717) is 10.8 Å². The van der Waals surface area contributed by atoms with E-state index in [0.717, 1.165) is 15.1 Å². The number of benzene rings is 1. The fraction of sp³-hybridized carbons (Fsp3) is 0.278. The van der Waals surface area contributed by atoms with Gasteiger partial charge in [-0.25, -0.2) is 4.68 Å². The molecule has 0 radical (unpaired) electrons. The number of hydrogen-bond acceptors (Lipinski definition) is 4. The lowest BCUT2D eigenvalue weighted by molar-refractivity contribution is -0.122. The third-order valence-corrected chi connectivity index (χ3v) is 5.09. The zero-order chi connectivity index (χ0) is 18.1.